The van der Waals surface area contributed by atoms with Gasteiger partial charge in [0.2, 0.25) is 17.7 Å². The number of hydrogen-bond donors (Lipinski definition) is 2. The molecule has 0 aliphatic carbocycles. The third kappa shape index (κ3) is 6.95. The van der Waals surface area contributed by atoms with Crippen LogP contribution in [0, 0.1) is 5.41 Å². The Morgan fingerprint density at radius 3 is 2.43 bits per heavy atom. The second kappa shape index (κ2) is 11.9. The number of pyridine rings is 1. The average molecular weight is 581 g/mol. The van der Waals surface area contributed by atoms with Crippen molar-refractivity contribution in [3.63, 3.8) is 0 Å². The lowest BCUT2D eigenvalue weighted by molar-refractivity contribution is -0.142. The van der Waals surface area contributed by atoms with Crippen LogP contribution in [-0.2, 0) is 14.3 Å². The molecule has 2 N–H and O–H groups in total. The minimum absolute atomic E-state index is 0.120. The van der Waals surface area contributed by atoms with E-state index in [1.54, 1.807) is 46.5 Å². The number of furan rings is 1. The lowest BCUT2D eigenvalue weighted by Crippen LogP contribution is -2.58. The summed E-state index contributed by atoms with van der Waals surface area (Å²) in [5.74, 6) is 0.318. The number of alkyl carbamates (subject to hydrolysis) is 1. The van der Waals surface area contributed by atoms with Gasteiger partial charge in [0.05, 0.1) is 31.9 Å². The standard InChI is InChI=1S/C31H40N4O7/c1-30(2,3)25(34-29(38)42-31(4,5)6)28(37)35-16-21(15-24(35)26(36)32-7)41-27-22-10-9-20(39-8)13-19(22)14-23(33-27)18-11-12-40-17-18/h9-14,17,21,24-25H,15-16H2,1-8H3,(H,32,36)(H,34,38)/t21-,24+,25-/m1/s1. The molecule has 3 amide bonds. The number of ether oxygens (including phenoxy) is 3. The first kappa shape index (κ1) is 30.7. The fourth-order valence-electron chi connectivity index (χ4n) is 4.92. The molecule has 1 aliphatic rings. The van der Waals surface area contributed by atoms with E-state index in [9.17, 15) is 14.4 Å². The summed E-state index contributed by atoms with van der Waals surface area (Å²) in [7, 11) is 3.12. The topological polar surface area (TPSA) is 132 Å². The Kier molecular flexibility index (Phi) is 8.70. The Morgan fingerprint density at radius 2 is 1.83 bits per heavy atom. The van der Waals surface area contributed by atoms with E-state index in [1.165, 1.54) is 11.9 Å². The SMILES string of the molecule is CNC(=O)[C@@H]1C[C@@H](Oc2nc(-c3ccoc3)cc3cc(OC)ccc23)CN1C(=O)[C@@H](NC(=O)OC(C)(C)C)C(C)(C)C. The van der Waals surface area contributed by atoms with Gasteiger partial charge in [-0.3, -0.25) is 9.59 Å². The summed E-state index contributed by atoms with van der Waals surface area (Å²) < 4.78 is 22.6. The van der Waals surface area contributed by atoms with Crippen molar-refractivity contribution < 1.29 is 33.0 Å². The maximum Gasteiger partial charge on any atom is 0.408 e. The quantitative estimate of drug-likeness (QED) is 0.417. The van der Waals surface area contributed by atoms with Crippen molar-refractivity contribution in [3.8, 4) is 22.9 Å². The molecule has 0 unspecified atom stereocenters. The number of nitrogens with zero attached hydrogens (tertiary/aromatic N) is 2. The first-order valence-corrected chi connectivity index (χ1v) is 13.9. The van der Waals surface area contributed by atoms with E-state index >= 15 is 0 Å². The summed E-state index contributed by atoms with van der Waals surface area (Å²) in [6.45, 7) is 10.9. The van der Waals surface area contributed by atoms with Crippen molar-refractivity contribution in [3.05, 3.63) is 42.9 Å². The molecule has 11 heteroatoms. The average Bonchev–Trinajstić information content (AvgIpc) is 3.59. The summed E-state index contributed by atoms with van der Waals surface area (Å²) >= 11 is 0. The minimum Gasteiger partial charge on any atom is -0.497 e. The highest BCUT2D eigenvalue weighted by molar-refractivity contribution is 5.93. The molecule has 4 rings (SSSR count). The summed E-state index contributed by atoms with van der Waals surface area (Å²) in [6, 6.07) is 7.55. The molecule has 2 aromatic heterocycles. The van der Waals surface area contributed by atoms with E-state index in [1.807, 2.05) is 45.0 Å². The smallest absolute Gasteiger partial charge is 0.408 e. The maximum atomic E-state index is 14.0. The summed E-state index contributed by atoms with van der Waals surface area (Å²) in [6.07, 6.45) is 2.15. The fraction of sp³-hybridized carbons (Fsp3) is 0.484. The lowest BCUT2D eigenvalue weighted by Gasteiger charge is -2.35. The first-order valence-electron chi connectivity index (χ1n) is 13.9. The lowest BCUT2D eigenvalue weighted by atomic mass is 9.85. The zero-order valence-electron chi connectivity index (χ0n) is 25.4. The highest BCUT2D eigenvalue weighted by atomic mass is 16.6. The highest BCUT2D eigenvalue weighted by Crippen LogP contribution is 2.34. The third-order valence-electron chi connectivity index (χ3n) is 6.97. The van der Waals surface area contributed by atoms with Crippen molar-refractivity contribution in [2.45, 2.75) is 71.8 Å². The molecule has 0 saturated carbocycles. The van der Waals surface area contributed by atoms with Gasteiger partial charge < -0.3 is 34.2 Å². The molecule has 11 nitrogen and oxygen atoms in total. The van der Waals surface area contributed by atoms with Crippen molar-refractivity contribution in [2.75, 3.05) is 20.7 Å². The zero-order chi connectivity index (χ0) is 30.8. The molecule has 1 saturated heterocycles. The second-order valence-electron chi connectivity index (χ2n) is 12.5. The van der Waals surface area contributed by atoms with Crippen LogP contribution in [0.4, 0.5) is 4.79 Å². The molecule has 226 valence electrons. The second-order valence-corrected chi connectivity index (χ2v) is 12.5. The van der Waals surface area contributed by atoms with E-state index in [-0.39, 0.29) is 18.9 Å². The number of rotatable bonds is 7. The Hall–Kier alpha value is -4.28. The number of likely N-dealkylation sites (N-methyl/N-ethyl adjacent to an activating group) is 1. The molecule has 0 bridgehead atoms. The Balaban J connectivity index is 1.65. The molecule has 3 atom stereocenters. The van der Waals surface area contributed by atoms with E-state index < -0.39 is 41.2 Å². The van der Waals surface area contributed by atoms with Gasteiger partial charge in [-0.05, 0) is 61.9 Å². The van der Waals surface area contributed by atoms with Gasteiger partial charge in [0.25, 0.3) is 0 Å². The number of hydrogen-bond acceptors (Lipinski definition) is 8. The van der Waals surface area contributed by atoms with Gasteiger partial charge in [0.15, 0.2) is 0 Å². The van der Waals surface area contributed by atoms with E-state index in [4.69, 9.17) is 23.6 Å². The minimum atomic E-state index is -0.950. The van der Waals surface area contributed by atoms with Crippen molar-refractivity contribution in [1.82, 2.24) is 20.5 Å². The molecule has 1 fully saturated rings. The number of nitrogens with one attached hydrogen (secondary N) is 2. The Bertz CT molecular complexity index is 1440. The number of aromatic nitrogens is 1. The van der Waals surface area contributed by atoms with E-state index in [0.29, 0.717) is 17.3 Å². The van der Waals surface area contributed by atoms with Crippen molar-refractivity contribution in [1.29, 1.82) is 0 Å². The Labute approximate surface area is 245 Å². The maximum absolute atomic E-state index is 14.0. The molecule has 3 heterocycles. The van der Waals surface area contributed by atoms with Crippen LogP contribution in [0.1, 0.15) is 48.0 Å². The van der Waals surface area contributed by atoms with Crippen molar-refractivity contribution >= 4 is 28.7 Å². The van der Waals surface area contributed by atoms with Crippen LogP contribution >= 0.6 is 0 Å². The van der Waals surface area contributed by atoms with Gasteiger partial charge >= 0.3 is 6.09 Å². The number of methoxy groups -OCH3 is 1. The van der Waals surface area contributed by atoms with Gasteiger partial charge in [-0.25, -0.2) is 9.78 Å². The monoisotopic (exact) mass is 580 g/mol. The molecule has 3 aromatic rings. The van der Waals surface area contributed by atoms with Gasteiger partial charge in [0, 0.05) is 24.4 Å². The van der Waals surface area contributed by atoms with Crippen LogP contribution in [0.15, 0.2) is 47.3 Å². The number of fused-ring (bicyclic) bond motifs is 1. The largest absolute Gasteiger partial charge is 0.497 e. The van der Waals surface area contributed by atoms with Crippen LogP contribution in [0.3, 0.4) is 0 Å². The van der Waals surface area contributed by atoms with Crippen LogP contribution in [0.2, 0.25) is 0 Å². The van der Waals surface area contributed by atoms with E-state index in [2.05, 4.69) is 10.6 Å². The van der Waals surface area contributed by atoms with Gasteiger partial charge in [-0.1, -0.05) is 20.8 Å². The zero-order valence-corrected chi connectivity index (χ0v) is 25.4. The van der Waals surface area contributed by atoms with Crippen LogP contribution in [0.25, 0.3) is 22.0 Å². The van der Waals surface area contributed by atoms with Crippen LogP contribution in [-0.4, -0.2) is 72.3 Å². The van der Waals surface area contributed by atoms with Crippen molar-refractivity contribution in [2.24, 2.45) is 5.41 Å². The van der Waals surface area contributed by atoms with Gasteiger partial charge in [0.1, 0.15) is 29.5 Å². The molecule has 0 spiro atoms. The normalized spacial score (nSPS) is 18.0. The molecular weight excluding hydrogens is 540 g/mol. The summed E-state index contributed by atoms with van der Waals surface area (Å²) in [5.41, 5.74) is 0.00733. The fourth-order valence-corrected chi connectivity index (χ4v) is 4.92. The Morgan fingerprint density at radius 1 is 1.10 bits per heavy atom. The van der Waals surface area contributed by atoms with Crippen LogP contribution < -0.4 is 20.1 Å². The number of amides is 3. The molecule has 1 aliphatic heterocycles. The third-order valence-corrected chi connectivity index (χ3v) is 6.97. The predicted molar refractivity (Wildman–Crippen MR) is 157 cm³/mol. The van der Waals surface area contributed by atoms with Gasteiger partial charge in [-0.15, -0.1) is 0 Å². The molecule has 0 radical (unpaired) electrons. The number of carbonyl (C=O) groups is 3. The molecular formula is C31H40N4O7. The highest BCUT2D eigenvalue weighted by Gasteiger charge is 2.46. The first-order chi connectivity index (χ1) is 19.7. The van der Waals surface area contributed by atoms with E-state index in [0.717, 1.165) is 16.3 Å². The number of carbonyl (C=O) groups excluding carboxylic acids is 3. The summed E-state index contributed by atoms with van der Waals surface area (Å²) in [5, 5.41) is 6.99. The number of benzene rings is 1. The molecule has 1 aromatic carbocycles. The summed E-state index contributed by atoms with van der Waals surface area (Å²) in [4.78, 5) is 45.9. The molecule has 42 heavy (non-hydrogen) atoms. The predicted octanol–water partition coefficient (Wildman–Crippen LogP) is 4.54. The van der Waals surface area contributed by atoms with Crippen LogP contribution in [0.5, 0.6) is 11.6 Å². The van der Waals surface area contributed by atoms with Gasteiger partial charge in [-0.2, -0.15) is 0 Å². The number of likely N-dealkylation sites (tertiary alicyclic amines) is 1.